The van der Waals surface area contributed by atoms with Crippen LogP contribution < -0.4 is 0 Å². The summed E-state index contributed by atoms with van der Waals surface area (Å²) in [6.45, 7) is 3.34. The molecule has 0 fully saturated rings. The fourth-order valence-corrected chi connectivity index (χ4v) is 1.43. The molecule has 0 bridgehead atoms. The summed E-state index contributed by atoms with van der Waals surface area (Å²) in [7, 11) is 0. The Morgan fingerprint density at radius 1 is 1.27 bits per heavy atom. The van der Waals surface area contributed by atoms with Gasteiger partial charge in [-0.05, 0) is 19.4 Å². The van der Waals surface area contributed by atoms with Crippen molar-refractivity contribution >= 4 is 11.8 Å². The van der Waals surface area contributed by atoms with Crippen molar-refractivity contribution in [2.24, 2.45) is 0 Å². The van der Waals surface area contributed by atoms with Crippen LogP contribution in [0.15, 0.2) is 24.3 Å². The Labute approximate surface area is 88.7 Å². The van der Waals surface area contributed by atoms with Crippen molar-refractivity contribution in [2.45, 2.75) is 26.2 Å². The lowest BCUT2D eigenvalue weighted by Crippen LogP contribution is -2.14. The van der Waals surface area contributed by atoms with Gasteiger partial charge >= 0.3 is 5.97 Å². The number of carboxylic acids is 1. The molecule has 0 spiro atoms. The molecule has 0 saturated carbocycles. The zero-order chi connectivity index (χ0) is 11.4. The molecule has 0 aromatic heterocycles. The number of carbonyl (C=O) groups excluding carboxylic acids is 1. The van der Waals surface area contributed by atoms with Gasteiger partial charge in [-0.25, -0.2) is 0 Å². The van der Waals surface area contributed by atoms with E-state index in [1.54, 1.807) is 12.1 Å². The second-order valence-corrected chi connectivity index (χ2v) is 3.71. The molecule has 80 valence electrons. The van der Waals surface area contributed by atoms with Gasteiger partial charge in [-0.2, -0.15) is 0 Å². The zero-order valence-corrected chi connectivity index (χ0v) is 8.86. The number of carbonyl (C=O) groups is 2. The fraction of sp³-hybridized carbons (Fsp3) is 0.333. The summed E-state index contributed by atoms with van der Waals surface area (Å²) in [5.74, 6) is -1.78. The van der Waals surface area contributed by atoms with Gasteiger partial charge in [0.25, 0.3) is 0 Å². The van der Waals surface area contributed by atoms with Gasteiger partial charge in [-0.15, -0.1) is 0 Å². The first-order valence-corrected chi connectivity index (χ1v) is 4.79. The summed E-state index contributed by atoms with van der Waals surface area (Å²) in [6.07, 6.45) is 0.0540. The van der Waals surface area contributed by atoms with E-state index in [9.17, 15) is 9.59 Å². The van der Waals surface area contributed by atoms with E-state index in [0.29, 0.717) is 5.56 Å². The van der Waals surface area contributed by atoms with Crippen LogP contribution in [0.25, 0.3) is 0 Å². The van der Waals surface area contributed by atoms with Crippen LogP contribution in [-0.4, -0.2) is 16.9 Å². The Hall–Kier alpha value is -1.64. The lowest BCUT2D eigenvalue weighted by Gasteiger charge is -2.10. The van der Waals surface area contributed by atoms with Crippen LogP contribution in [-0.2, 0) is 9.59 Å². The molecule has 3 heteroatoms. The maximum absolute atomic E-state index is 11.0. The van der Waals surface area contributed by atoms with Gasteiger partial charge in [-0.3, -0.25) is 9.59 Å². The van der Waals surface area contributed by atoms with Crippen LogP contribution in [0, 0.1) is 6.92 Å². The van der Waals surface area contributed by atoms with Gasteiger partial charge in [-0.1, -0.05) is 29.8 Å². The first-order valence-electron chi connectivity index (χ1n) is 4.79. The van der Waals surface area contributed by atoms with E-state index in [1.807, 2.05) is 19.1 Å². The lowest BCUT2D eigenvalue weighted by molar-refractivity contribution is -0.140. The van der Waals surface area contributed by atoms with Crippen LogP contribution in [0.2, 0.25) is 0 Å². The molecular weight excluding hydrogens is 192 g/mol. The number of Topliss-reactive ketones (excluding diaryl/α,β-unsaturated/α-hetero) is 1. The van der Waals surface area contributed by atoms with Gasteiger partial charge in [0.05, 0.1) is 5.92 Å². The highest BCUT2D eigenvalue weighted by Crippen LogP contribution is 2.20. The summed E-state index contributed by atoms with van der Waals surface area (Å²) in [5, 5.41) is 8.99. The normalized spacial score (nSPS) is 12.1. The third-order valence-corrected chi connectivity index (χ3v) is 2.27. The highest BCUT2D eigenvalue weighted by Gasteiger charge is 2.21. The fourth-order valence-electron chi connectivity index (χ4n) is 1.43. The van der Waals surface area contributed by atoms with Crippen LogP contribution in [0.3, 0.4) is 0 Å². The number of aryl methyl sites for hydroxylation is 1. The Morgan fingerprint density at radius 2 is 1.80 bits per heavy atom. The molecule has 0 heterocycles. The van der Waals surface area contributed by atoms with Crippen LogP contribution in [0.1, 0.15) is 30.4 Å². The maximum Gasteiger partial charge on any atom is 0.311 e. The summed E-state index contributed by atoms with van der Waals surface area (Å²) in [6, 6.07) is 7.23. The monoisotopic (exact) mass is 206 g/mol. The van der Waals surface area contributed by atoms with Gasteiger partial charge in [0.2, 0.25) is 0 Å². The largest absolute Gasteiger partial charge is 0.481 e. The van der Waals surface area contributed by atoms with E-state index in [-0.39, 0.29) is 12.2 Å². The predicted octanol–water partition coefficient (Wildman–Crippen LogP) is 2.14. The zero-order valence-electron chi connectivity index (χ0n) is 8.86. The van der Waals surface area contributed by atoms with Crippen molar-refractivity contribution in [3.8, 4) is 0 Å². The Kier molecular flexibility index (Phi) is 3.61. The average Bonchev–Trinajstić information content (AvgIpc) is 2.15. The quantitative estimate of drug-likeness (QED) is 0.821. The van der Waals surface area contributed by atoms with Crippen molar-refractivity contribution < 1.29 is 14.7 Å². The summed E-state index contributed by atoms with van der Waals surface area (Å²) in [4.78, 5) is 21.9. The Balaban J connectivity index is 2.94. The van der Waals surface area contributed by atoms with Crippen LogP contribution in [0.5, 0.6) is 0 Å². The molecule has 0 amide bonds. The molecule has 3 nitrogen and oxygen atoms in total. The number of benzene rings is 1. The van der Waals surface area contributed by atoms with Gasteiger partial charge in [0.15, 0.2) is 0 Å². The number of ketones is 1. The predicted molar refractivity (Wildman–Crippen MR) is 56.9 cm³/mol. The molecule has 1 N–H and O–H groups in total. The average molecular weight is 206 g/mol. The standard InChI is InChI=1S/C12H14O3/c1-8-3-5-10(6-4-8)11(12(14)15)7-9(2)13/h3-6,11H,7H2,1-2H3,(H,14,15). The minimum atomic E-state index is -0.950. The second kappa shape index (κ2) is 4.73. The molecule has 0 radical (unpaired) electrons. The number of hydrogen-bond acceptors (Lipinski definition) is 2. The number of aliphatic carboxylic acids is 1. The van der Waals surface area contributed by atoms with Crippen molar-refractivity contribution in [1.82, 2.24) is 0 Å². The molecule has 1 aromatic rings. The van der Waals surface area contributed by atoms with Gasteiger partial charge in [0, 0.05) is 6.42 Å². The molecule has 1 rings (SSSR count). The van der Waals surface area contributed by atoms with Crippen molar-refractivity contribution in [3.05, 3.63) is 35.4 Å². The van der Waals surface area contributed by atoms with Crippen molar-refractivity contribution in [3.63, 3.8) is 0 Å². The van der Waals surface area contributed by atoms with E-state index in [0.717, 1.165) is 5.56 Å². The van der Waals surface area contributed by atoms with Gasteiger partial charge in [0.1, 0.15) is 5.78 Å². The van der Waals surface area contributed by atoms with E-state index in [1.165, 1.54) is 6.92 Å². The molecule has 1 atom stereocenters. The molecule has 1 aromatic carbocycles. The minimum absolute atomic E-state index is 0.0540. The highest BCUT2D eigenvalue weighted by atomic mass is 16.4. The van der Waals surface area contributed by atoms with Crippen molar-refractivity contribution in [1.29, 1.82) is 0 Å². The Bertz CT molecular complexity index is 365. The topological polar surface area (TPSA) is 54.4 Å². The third kappa shape index (κ3) is 3.20. The molecule has 15 heavy (non-hydrogen) atoms. The molecule has 0 aliphatic heterocycles. The van der Waals surface area contributed by atoms with Crippen molar-refractivity contribution in [2.75, 3.05) is 0 Å². The van der Waals surface area contributed by atoms with Crippen LogP contribution in [0.4, 0.5) is 0 Å². The van der Waals surface area contributed by atoms with E-state index >= 15 is 0 Å². The first kappa shape index (κ1) is 11.4. The van der Waals surface area contributed by atoms with E-state index in [2.05, 4.69) is 0 Å². The molecule has 0 aliphatic rings. The third-order valence-electron chi connectivity index (χ3n) is 2.27. The maximum atomic E-state index is 11.0. The minimum Gasteiger partial charge on any atom is -0.481 e. The molecule has 1 unspecified atom stereocenters. The van der Waals surface area contributed by atoms with E-state index < -0.39 is 11.9 Å². The Morgan fingerprint density at radius 3 is 2.20 bits per heavy atom. The molecular formula is C12H14O3. The number of rotatable bonds is 4. The lowest BCUT2D eigenvalue weighted by atomic mass is 9.93. The summed E-state index contributed by atoms with van der Waals surface area (Å²) >= 11 is 0. The highest BCUT2D eigenvalue weighted by molar-refractivity contribution is 5.85. The second-order valence-electron chi connectivity index (χ2n) is 3.71. The van der Waals surface area contributed by atoms with E-state index in [4.69, 9.17) is 5.11 Å². The number of carboxylic acid groups (broad SMARTS) is 1. The summed E-state index contributed by atoms with van der Waals surface area (Å²) < 4.78 is 0. The molecule has 0 aliphatic carbocycles. The number of hydrogen-bond donors (Lipinski definition) is 1. The first-order chi connectivity index (χ1) is 7.00. The molecule has 0 saturated heterocycles. The summed E-state index contributed by atoms with van der Waals surface area (Å²) in [5.41, 5.74) is 1.76. The van der Waals surface area contributed by atoms with Gasteiger partial charge < -0.3 is 5.11 Å². The smallest absolute Gasteiger partial charge is 0.311 e. The van der Waals surface area contributed by atoms with Crippen LogP contribution >= 0.6 is 0 Å². The SMILES string of the molecule is CC(=O)CC(C(=O)O)c1ccc(C)cc1.